The third kappa shape index (κ3) is 3.52. The molecule has 0 radical (unpaired) electrons. The van der Waals surface area contributed by atoms with E-state index in [0.29, 0.717) is 11.6 Å². The van der Waals surface area contributed by atoms with Crippen molar-refractivity contribution in [1.82, 2.24) is 14.8 Å². The summed E-state index contributed by atoms with van der Waals surface area (Å²) < 4.78 is 39.6. The second-order valence-corrected chi connectivity index (χ2v) is 5.65. The van der Waals surface area contributed by atoms with Gasteiger partial charge in [-0.15, -0.1) is 0 Å². The molecule has 1 atom stereocenters. The third-order valence-corrected chi connectivity index (χ3v) is 3.85. The number of carbonyl (C=O) groups is 1. The molecule has 8 heteroatoms. The van der Waals surface area contributed by atoms with E-state index in [1.807, 2.05) is 6.92 Å². The lowest BCUT2D eigenvalue weighted by Gasteiger charge is -2.10. The minimum atomic E-state index is -4.58. The van der Waals surface area contributed by atoms with Crippen molar-refractivity contribution in [3.63, 3.8) is 0 Å². The molecule has 1 aliphatic rings. The van der Waals surface area contributed by atoms with Gasteiger partial charge in [-0.25, -0.2) is 4.98 Å². The number of hydrogen-bond donors (Lipinski definition) is 1. The number of nitrogens with one attached hydrogen (secondary N) is 1. The smallest absolute Gasteiger partial charge is 0.318 e. The number of pyridine rings is 1. The van der Waals surface area contributed by atoms with Crippen molar-refractivity contribution in [3.8, 4) is 0 Å². The lowest BCUT2D eigenvalue weighted by Crippen LogP contribution is -2.16. The second kappa shape index (κ2) is 5.68. The van der Waals surface area contributed by atoms with Crippen molar-refractivity contribution in [2.24, 2.45) is 5.92 Å². The standard InChI is InChI=1S/C15H15F3N4O/c1-9(10-5-6-10)22-8-11(7-19-22)20-14(23)12-3-2-4-13(21-12)15(16,17)18/h2-4,7-10H,5-6H2,1H3,(H,20,23). The van der Waals surface area contributed by atoms with E-state index < -0.39 is 17.8 Å². The Morgan fingerprint density at radius 1 is 1.39 bits per heavy atom. The minimum absolute atomic E-state index is 0.243. The molecule has 0 aromatic carbocycles. The highest BCUT2D eigenvalue weighted by molar-refractivity contribution is 6.02. The zero-order chi connectivity index (χ0) is 16.6. The maximum Gasteiger partial charge on any atom is 0.433 e. The molecule has 1 unspecified atom stereocenters. The maximum atomic E-state index is 12.6. The van der Waals surface area contributed by atoms with Gasteiger partial charge in [-0.3, -0.25) is 9.48 Å². The lowest BCUT2D eigenvalue weighted by molar-refractivity contribution is -0.141. The first kappa shape index (κ1) is 15.5. The highest BCUT2D eigenvalue weighted by atomic mass is 19.4. The maximum absolute atomic E-state index is 12.6. The Hall–Kier alpha value is -2.38. The first-order chi connectivity index (χ1) is 10.8. The normalized spacial score (nSPS) is 16.2. The summed E-state index contributed by atoms with van der Waals surface area (Å²) in [5.41, 5.74) is -0.951. The Bertz CT molecular complexity index is 722. The van der Waals surface area contributed by atoms with E-state index in [4.69, 9.17) is 0 Å². The Morgan fingerprint density at radius 2 is 2.13 bits per heavy atom. The molecular weight excluding hydrogens is 309 g/mol. The van der Waals surface area contributed by atoms with Gasteiger partial charge in [0.25, 0.3) is 5.91 Å². The number of nitrogens with zero attached hydrogens (tertiary/aromatic N) is 3. The van der Waals surface area contributed by atoms with E-state index in [1.165, 1.54) is 12.3 Å². The van der Waals surface area contributed by atoms with Gasteiger partial charge in [0.15, 0.2) is 0 Å². The number of halogens is 3. The summed E-state index contributed by atoms with van der Waals surface area (Å²) in [4.78, 5) is 15.4. The predicted octanol–water partition coefficient (Wildman–Crippen LogP) is 3.52. The van der Waals surface area contributed by atoms with Crippen LogP contribution in [0.3, 0.4) is 0 Å². The number of rotatable bonds is 4. The molecule has 2 aromatic heterocycles. The van der Waals surface area contributed by atoms with Crippen LogP contribution < -0.4 is 5.32 Å². The molecule has 1 N–H and O–H groups in total. The Balaban J connectivity index is 1.72. The first-order valence-electron chi connectivity index (χ1n) is 7.24. The average molecular weight is 324 g/mol. The van der Waals surface area contributed by atoms with Crippen LogP contribution in [0.2, 0.25) is 0 Å². The molecule has 1 aliphatic carbocycles. The van der Waals surface area contributed by atoms with Crippen molar-refractivity contribution in [2.45, 2.75) is 32.0 Å². The van der Waals surface area contributed by atoms with Crippen molar-refractivity contribution >= 4 is 11.6 Å². The fraction of sp³-hybridized carbons (Fsp3) is 0.400. The van der Waals surface area contributed by atoms with Crippen LogP contribution >= 0.6 is 0 Å². The highest BCUT2D eigenvalue weighted by Crippen LogP contribution is 2.39. The van der Waals surface area contributed by atoms with Crippen molar-refractivity contribution in [2.75, 3.05) is 5.32 Å². The average Bonchev–Trinajstić information content (AvgIpc) is 3.26. The molecular formula is C15H15F3N4O. The van der Waals surface area contributed by atoms with Gasteiger partial charge >= 0.3 is 6.18 Å². The van der Waals surface area contributed by atoms with Crippen LogP contribution in [0.5, 0.6) is 0 Å². The van der Waals surface area contributed by atoms with Gasteiger partial charge in [0.05, 0.1) is 17.9 Å². The second-order valence-electron chi connectivity index (χ2n) is 5.65. The van der Waals surface area contributed by atoms with E-state index in [0.717, 1.165) is 25.0 Å². The highest BCUT2D eigenvalue weighted by Gasteiger charge is 2.33. The van der Waals surface area contributed by atoms with Crippen molar-refractivity contribution in [1.29, 1.82) is 0 Å². The van der Waals surface area contributed by atoms with Crippen LogP contribution in [0, 0.1) is 5.92 Å². The molecule has 5 nitrogen and oxygen atoms in total. The van der Waals surface area contributed by atoms with Gasteiger partial charge < -0.3 is 5.32 Å². The predicted molar refractivity (Wildman–Crippen MR) is 76.9 cm³/mol. The number of amides is 1. The summed E-state index contributed by atoms with van der Waals surface area (Å²) in [5, 5.41) is 6.70. The fourth-order valence-electron chi connectivity index (χ4n) is 2.33. The van der Waals surface area contributed by atoms with E-state index in [9.17, 15) is 18.0 Å². The fourth-order valence-corrected chi connectivity index (χ4v) is 2.33. The Labute approximate surface area is 130 Å². The van der Waals surface area contributed by atoms with Gasteiger partial charge in [0.2, 0.25) is 0 Å². The van der Waals surface area contributed by atoms with Gasteiger partial charge in [-0.2, -0.15) is 18.3 Å². The van der Waals surface area contributed by atoms with Gasteiger partial charge in [-0.05, 0) is 37.8 Å². The quantitative estimate of drug-likeness (QED) is 0.936. The SMILES string of the molecule is CC(C1CC1)n1cc(NC(=O)c2cccc(C(F)(F)F)n2)cn1. The van der Waals surface area contributed by atoms with E-state index >= 15 is 0 Å². The summed E-state index contributed by atoms with van der Waals surface area (Å²) in [7, 11) is 0. The Kier molecular flexibility index (Phi) is 3.83. The largest absolute Gasteiger partial charge is 0.433 e. The lowest BCUT2D eigenvalue weighted by atomic mass is 10.2. The minimum Gasteiger partial charge on any atom is -0.318 e. The molecule has 2 aromatic rings. The van der Waals surface area contributed by atoms with E-state index in [2.05, 4.69) is 15.4 Å². The van der Waals surface area contributed by atoms with Crippen LogP contribution in [0.25, 0.3) is 0 Å². The number of hydrogen-bond acceptors (Lipinski definition) is 3. The summed E-state index contributed by atoms with van der Waals surface area (Å²) in [5.74, 6) is -0.0988. The summed E-state index contributed by atoms with van der Waals surface area (Å²) in [6.07, 6.45) is 0.896. The molecule has 0 bridgehead atoms. The molecule has 0 aliphatic heterocycles. The molecule has 0 saturated heterocycles. The summed E-state index contributed by atoms with van der Waals surface area (Å²) in [6.45, 7) is 2.05. The van der Waals surface area contributed by atoms with E-state index in [-0.39, 0.29) is 11.7 Å². The van der Waals surface area contributed by atoms with Crippen LogP contribution in [-0.2, 0) is 6.18 Å². The Morgan fingerprint density at radius 3 is 2.78 bits per heavy atom. The van der Waals surface area contributed by atoms with Crippen LogP contribution in [0.1, 0.15) is 42.0 Å². The summed E-state index contributed by atoms with van der Waals surface area (Å²) >= 11 is 0. The molecule has 1 fully saturated rings. The molecule has 23 heavy (non-hydrogen) atoms. The van der Waals surface area contributed by atoms with Crippen LogP contribution in [0.15, 0.2) is 30.6 Å². The summed E-state index contributed by atoms with van der Waals surface area (Å²) in [6, 6.07) is 3.46. The zero-order valence-corrected chi connectivity index (χ0v) is 12.3. The molecule has 0 spiro atoms. The topological polar surface area (TPSA) is 59.8 Å². The van der Waals surface area contributed by atoms with Gasteiger partial charge in [0.1, 0.15) is 11.4 Å². The number of aromatic nitrogens is 3. The van der Waals surface area contributed by atoms with Gasteiger partial charge in [0, 0.05) is 6.20 Å². The molecule has 122 valence electrons. The number of alkyl halides is 3. The zero-order valence-electron chi connectivity index (χ0n) is 12.3. The van der Waals surface area contributed by atoms with Crippen molar-refractivity contribution in [3.05, 3.63) is 42.0 Å². The number of carbonyl (C=O) groups excluding carboxylic acids is 1. The van der Waals surface area contributed by atoms with Crippen molar-refractivity contribution < 1.29 is 18.0 Å². The molecule has 1 amide bonds. The van der Waals surface area contributed by atoms with Crippen LogP contribution in [-0.4, -0.2) is 20.7 Å². The monoisotopic (exact) mass is 324 g/mol. The number of anilines is 1. The molecule has 2 heterocycles. The molecule has 3 rings (SSSR count). The molecule has 1 saturated carbocycles. The van der Waals surface area contributed by atoms with Gasteiger partial charge in [-0.1, -0.05) is 6.07 Å². The van der Waals surface area contributed by atoms with Crippen LogP contribution in [0.4, 0.5) is 18.9 Å². The third-order valence-electron chi connectivity index (χ3n) is 3.85. The van der Waals surface area contributed by atoms with E-state index in [1.54, 1.807) is 10.9 Å². The first-order valence-corrected chi connectivity index (χ1v) is 7.24.